The highest BCUT2D eigenvalue weighted by molar-refractivity contribution is 6.70. The molecule has 10 atom stereocenters. The van der Waals surface area contributed by atoms with Crippen LogP contribution in [0, 0.1) is 46.3 Å². The van der Waals surface area contributed by atoms with Crippen molar-refractivity contribution in [3.63, 3.8) is 0 Å². The van der Waals surface area contributed by atoms with E-state index < -0.39 is 25.0 Å². The van der Waals surface area contributed by atoms with Crippen LogP contribution in [-0.2, 0) is 13.3 Å². The van der Waals surface area contributed by atoms with E-state index >= 15 is 0 Å². The molecule has 0 heterocycles. The molecule has 0 bridgehead atoms. The zero-order chi connectivity index (χ0) is 29.7. The quantitative estimate of drug-likeness (QED) is 0.172. The zero-order valence-corrected chi connectivity index (χ0v) is 31.8. The Bertz CT molecular complexity index is 845. The highest BCUT2D eigenvalue weighted by Crippen LogP contribution is 2.69. The molecule has 0 aromatic rings. The molecule has 4 aliphatic carbocycles. The predicted octanol–water partition coefficient (Wildman–Crippen LogP) is 10.4. The SMILES string of the molecule is CC(CCCCO[Si](C)(C)C)C1CCC2C3C(O[Si](C)(C)C)C[C@@H]4C[C@H](O[Si](C)(C)C)CCC4(C)C3CCC12C. The standard InChI is InChI=1S/C34H68O3Si3/c1-25(15-13-14-22-35-38(4,5)6)28-16-17-29-32-30(19-21-34(28,29)3)33(2)20-18-27(36-39(7,8)9)23-26(33)24-31(32)37-40(10,11)12/h25-32H,13-24H2,1-12H3/t25?,26-,27+,28?,29?,30?,31?,32?,33?,34?/m0/s1. The topological polar surface area (TPSA) is 27.7 Å². The Kier molecular flexibility index (Phi) is 10.1. The van der Waals surface area contributed by atoms with E-state index in [-0.39, 0.29) is 0 Å². The molecule has 0 spiro atoms. The first-order chi connectivity index (χ1) is 18.3. The number of hydrogen-bond donors (Lipinski definition) is 0. The van der Waals surface area contributed by atoms with Crippen molar-refractivity contribution in [3.05, 3.63) is 0 Å². The molecule has 0 amide bonds. The van der Waals surface area contributed by atoms with Crippen LogP contribution in [-0.4, -0.2) is 43.8 Å². The van der Waals surface area contributed by atoms with Gasteiger partial charge < -0.3 is 13.3 Å². The van der Waals surface area contributed by atoms with Crippen LogP contribution in [0.2, 0.25) is 58.9 Å². The third kappa shape index (κ3) is 7.60. The van der Waals surface area contributed by atoms with Gasteiger partial charge >= 0.3 is 0 Å². The fourth-order valence-corrected chi connectivity index (χ4v) is 13.6. The summed E-state index contributed by atoms with van der Waals surface area (Å²) in [7, 11) is -4.53. The third-order valence-corrected chi connectivity index (χ3v) is 15.1. The summed E-state index contributed by atoms with van der Waals surface area (Å²) in [6, 6.07) is 0. The third-order valence-electron chi connectivity index (χ3n) is 12.0. The highest BCUT2D eigenvalue weighted by atomic mass is 28.4. The van der Waals surface area contributed by atoms with Crippen molar-refractivity contribution in [2.75, 3.05) is 6.61 Å². The molecule has 8 unspecified atom stereocenters. The van der Waals surface area contributed by atoms with Crippen molar-refractivity contribution in [1.82, 2.24) is 0 Å². The maximum Gasteiger partial charge on any atom is 0.184 e. The summed E-state index contributed by atoms with van der Waals surface area (Å²) in [5, 5.41) is 0. The molecule has 4 fully saturated rings. The minimum Gasteiger partial charge on any atom is -0.418 e. The van der Waals surface area contributed by atoms with Gasteiger partial charge in [-0.3, -0.25) is 0 Å². The van der Waals surface area contributed by atoms with E-state index in [1.54, 1.807) is 0 Å². The number of fused-ring (bicyclic) bond motifs is 5. The van der Waals surface area contributed by atoms with Crippen molar-refractivity contribution in [2.45, 2.75) is 163 Å². The molecule has 0 aliphatic heterocycles. The molecular weight excluding hydrogens is 541 g/mol. The van der Waals surface area contributed by atoms with Gasteiger partial charge in [-0.25, -0.2) is 0 Å². The summed E-state index contributed by atoms with van der Waals surface area (Å²) in [5.74, 6) is 4.94. The van der Waals surface area contributed by atoms with Crippen molar-refractivity contribution in [1.29, 1.82) is 0 Å². The average Bonchev–Trinajstić information content (AvgIpc) is 3.14. The minimum atomic E-state index is -1.64. The van der Waals surface area contributed by atoms with E-state index in [9.17, 15) is 0 Å². The largest absolute Gasteiger partial charge is 0.418 e. The van der Waals surface area contributed by atoms with E-state index in [2.05, 4.69) is 79.7 Å². The smallest absolute Gasteiger partial charge is 0.184 e. The second-order valence-electron chi connectivity index (χ2n) is 18.3. The Morgan fingerprint density at radius 1 is 0.700 bits per heavy atom. The van der Waals surface area contributed by atoms with Gasteiger partial charge in [0.05, 0.1) is 0 Å². The van der Waals surface area contributed by atoms with E-state index in [0.29, 0.717) is 23.0 Å². The van der Waals surface area contributed by atoms with Gasteiger partial charge in [0, 0.05) is 18.8 Å². The lowest BCUT2D eigenvalue weighted by Crippen LogP contribution is -2.60. The molecule has 6 heteroatoms. The Hall–Kier alpha value is 0.531. The number of rotatable bonds is 11. The second-order valence-corrected chi connectivity index (χ2v) is 31.7. The zero-order valence-electron chi connectivity index (χ0n) is 28.8. The minimum absolute atomic E-state index is 0.470. The summed E-state index contributed by atoms with van der Waals surface area (Å²) in [6.07, 6.45) is 15.9. The van der Waals surface area contributed by atoms with E-state index in [4.69, 9.17) is 13.3 Å². The first kappa shape index (κ1) is 33.4. The molecule has 0 saturated heterocycles. The van der Waals surface area contributed by atoms with Gasteiger partial charge in [0.2, 0.25) is 0 Å². The van der Waals surface area contributed by atoms with Gasteiger partial charge in [-0.2, -0.15) is 0 Å². The van der Waals surface area contributed by atoms with Crippen molar-refractivity contribution in [3.8, 4) is 0 Å². The van der Waals surface area contributed by atoms with Crippen molar-refractivity contribution >= 4 is 25.0 Å². The highest BCUT2D eigenvalue weighted by Gasteiger charge is 2.63. The van der Waals surface area contributed by atoms with Gasteiger partial charge in [-0.15, -0.1) is 0 Å². The van der Waals surface area contributed by atoms with Crippen LogP contribution in [0.5, 0.6) is 0 Å². The van der Waals surface area contributed by atoms with Crippen LogP contribution in [0.1, 0.15) is 91.4 Å². The Balaban J connectivity index is 1.49. The number of unbranched alkanes of at least 4 members (excludes halogenated alkanes) is 1. The maximum absolute atomic E-state index is 7.24. The molecule has 0 radical (unpaired) electrons. The fraction of sp³-hybridized carbons (Fsp3) is 1.00. The van der Waals surface area contributed by atoms with Crippen molar-refractivity contribution < 1.29 is 13.3 Å². The lowest BCUT2D eigenvalue weighted by molar-refractivity contribution is -0.168. The molecule has 3 nitrogen and oxygen atoms in total. The van der Waals surface area contributed by atoms with Crippen LogP contribution in [0.15, 0.2) is 0 Å². The molecule has 40 heavy (non-hydrogen) atoms. The van der Waals surface area contributed by atoms with Gasteiger partial charge in [0.25, 0.3) is 0 Å². The fourth-order valence-electron chi connectivity index (χ4n) is 10.5. The lowest BCUT2D eigenvalue weighted by atomic mass is 9.43. The molecule has 0 aromatic heterocycles. The lowest BCUT2D eigenvalue weighted by Gasteiger charge is -2.64. The van der Waals surface area contributed by atoms with E-state index in [1.807, 2.05) is 0 Å². The monoisotopic (exact) mass is 608 g/mol. The molecule has 234 valence electrons. The maximum atomic E-state index is 7.24. The first-order valence-electron chi connectivity index (χ1n) is 17.3. The summed E-state index contributed by atoms with van der Waals surface area (Å²) < 4.78 is 20.1. The average molecular weight is 609 g/mol. The Morgan fingerprint density at radius 3 is 1.95 bits per heavy atom. The molecule has 4 rings (SSSR count). The number of hydrogen-bond acceptors (Lipinski definition) is 3. The first-order valence-corrected chi connectivity index (χ1v) is 27.5. The van der Waals surface area contributed by atoms with Crippen molar-refractivity contribution in [2.24, 2.45) is 46.3 Å². The molecule has 0 N–H and O–H groups in total. The van der Waals surface area contributed by atoms with Gasteiger partial charge in [-0.05, 0) is 163 Å². The Morgan fingerprint density at radius 2 is 1.32 bits per heavy atom. The molecule has 0 aromatic carbocycles. The van der Waals surface area contributed by atoms with Gasteiger partial charge in [0.1, 0.15) is 0 Å². The normalized spacial score (nSPS) is 41.2. The van der Waals surface area contributed by atoms with E-state index in [1.165, 1.54) is 70.6 Å². The Labute approximate surface area is 253 Å². The summed E-state index contributed by atoms with van der Waals surface area (Å²) >= 11 is 0. The molecule has 4 saturated carbocycles. The second kappa shape index (κ2) is 12.1. The van der Waals surface area contributed by atoms with E-state index in [0.717, 1.165) is 42.1 Å². The van der Waals surface area contributed by atoms with Gasteiger partial charge in [-0.1, -0.05) is 33.6 Å². The summed E-state index contributed by atoms with van der Waals surface area (Å²) in [6.45, 7) is 30.3. The van der Waals surface area contributed by atoms with Gasteiger partial charge in [0.15, 0.2) is 25.0 Å². The summed E-state index contributed by atoms with van der Waals surface area (Å²) in [4.78, 5) is 0. The van der Waals surface area contributed by atoms with Crippen LogP contribution in [0.3, 0.4) is 0 Å². The molecule has 4 aliphatic rings. The van der Waals surface area contributed by atoms with Crippen LogP contribution in [0.4, 0.5) is 0 Å². The molecular formula is C34H68O3Si3. The van der Waals surface area contributed by atoms with Crippen LogP contribution < -0.4 is 0 Å². The predicted molar refractivity (Wildman–Crippen MR) is 179 cm³/mol. The van der Waals surface area contributed by atoms with Crippen LogP contribution >= 0.6 is 0 Å². The summed E-state index contributed by atoms with van der Waals surface area (Å²) in [5.41, 5.74) is 0.975. The van der Waals surface area contributed by atoms with Crippen LogP contribution in [0.25, 0.3) is 0 Å².